The predicted octanol–water partition coefficient (Wildman–Crippen LogP) is 2.12. The van der Waals surface area contributed by atoms with E-state index in [-0.39, 0.29) is 5.75 Å². The van der Waals surface area contributed by atoms with Crippen LogP contribution in [0.2, 0.25) is 5.02 Å². The minimum Gasteiger partial charge on any atom is -0.504 e. The van der Waals surface area contributed by atoms with Gasteiger partial charge >= 0.3 is 0 Å². The van der Waals surface area contributed by atoms with Crippen molar-refractivity contribution in [1.82, 2.24) is 10.2 Å². The third-order valence-corrected chi connectivity index (χ3v) is 4.61. The molecule has 1 aromatic carbocycles. The minimum absolute atomic E-state index is 0.238. The molecule has 0 saturated carbocycles. The monoisotopic (exact) mass is 298 g/mol. The van der Waals surface area contributed by atoms with E-state index in [9.17, 15) is 5.11 Å². The number of hydrogen-bond donors (Lipinski definition) is 2. The number of halogens is 1. The van der Waals surface area contributed by atoms with Gasteiger partial charge in [0.15, 0.2) is 11.5 Å². The van der Waals surface area contributed by atoms with Crippen molar-refractivity contribution in [2.24, 2.45) is 0 Å². The summed E-state index contributed by atoms with van der Waals surface area (Å²) < 4.78 is 5.29. The molecule has 0 bridgehead atoms. The van der Waals surface area contributed by atoms with Gasteiger partial charge in [0.25, 0.3) is 0 Å². The van der Waals surface area contributed by atoms with Crippen LogP contribution in [0.25, 0.3) is 0 Å². The maximum atomic E-state index is 10.4. The van der Waals surface area contributed by atoms with Gasteiger partial charge in [-0.25, -0.2) is 0 Å². The molecular weight excluding hydrogens is 276 g/mol. The fraction of sp³-hybridized carbons (Fsp3) is 0.600. The molecule has 5 heteroatoms. The second-order valence-corrected chi connectivity index (χ2v) is 5.64. The first-order valence-corrected chi connectivity index (χ1v) is 7.41. The molecule has 0 aromatic heterocycles. The maximum Gasteiger partial charge on any atom is 0.165 e. The molecule has 2 rings (SSSR count). The highest BCUT2D eigenvalue weighted by Crippen LogP contribution is 2.41. The van der Waals surface area contributed by atoms with Crippen LogP contribution in [0.5, 0.6) is 11.5 Å². The standard InChI is InChI=1S/C15H23ClN2O2/c1-10-12(4-7-18-8-5-17-6-9-18)14(19)15(20-3)11(2)13(10)16/h17,19H,4-9H2,1-3H3. The Kier molecular flexibility index (Phi) is 5.13. The molecule has 20 heavy (non-hydrogen) atoms. The van der Waals surface area contributed by atoms with E-state index in [0.717, 1.165) is 55.8 Å². The van der Waals surface area contributed by atoms with Crippen molar-refractivity contribution in [2.45, 2.75) is 20.3 Å². The summed E-state index contributed by atoms with van der Waals surface area (Å²) >= 11 is 6.35. The van der Waals surface area contributed by atoms with Crippen molar-refractivity contribution in [3.05, 3.63) is 21.7 Å². The Morgan fingerprint density at radius 3 is 2.50 bits per heavy atom. The van der Waals surface area contributed by atoms with Gasteiger partial charge in [-0.2, -0.15) is 0 Å². The van der Waals surface area contributed by atoms with Crippen molar-refractivity contribution in [1.29, 1.82) is 0 Å². The molecule has 1 fully saturated rings. The smallest absolute Gasteiger partial charge is 0.165 e. The van der Waals surface area contributed by atoms with E-state index in [1.54, 1.807) is 7.11 Å². The molecule has 0 radical (unpaired) electrons. The topological polar surface area (TPSA) is 44.7 Å². The van der Waals surface area contributed by atoms with E-state index in [1.807, 2.05) is 13.8 Å². The highest BCUT2D eigenvalue weighted by molar-refractivity contribution is 6.32. The highest BCUT2D eigenvalue weighted by atomic mass is 35.5. The Morgan fingerprint density at radius 2 is 1.90 bits per heavy atom. The largest absolute Gasteiger partial charge is 0.504 e. The third-order valence-electron chi connectivity index (χ3n) is 4.04. The number of phenols is 1. The zero-order valence-electron chi connectivity index (χ0n) is 12.4. The number of aromatic hydroxyl groups is 1. The van der Waals surface area contributed by atoms with Gasteiger partial charge in [0.05, 0.1) is 12.1 Å². The van der Waals surface area contributed by atoms with Gasteiger partial charge in [-0.3, -0.25) is 0 Å². The van der Waals surface area contributed by atoms with Crippen LogP contribution in [0.3, 0.4) is 0 Å². The number of nitrogens with one attached hydrogen (secondary N) is 1. The van der Waals surface area contributed by atoms with Crippen molar-refractivity contribution in [3.8, 4) is 11.5 Å². The molecule has 112 valence electrons. The van der Waals surface area contributed by atoms with E-state index < -0.39 is 0 Å². The zero-order chi connectivity index (χ0) is 14.7. The van der Waals surface area contributed by atoms with Gasteiger partial charge in [0.2, 0.25) is 0 Å². The van der Waals surface area contributed by atoms with Gasteiger partial charge in [0.1, 0.15) is 0 Å². The van der Waals surface area contributed by atoms with E-state index in [2.05, 4.69) is 10.2 Å². The first kappa shape index (κ1) is 15.4. The second-order valence-electron chi connectivity index (χ2n) is 5.27. The molecule has 2 N–H and O–H groups in total. The normalized spacial score (nSPS) is 16.4. The van der Waals surface area contributed by atoms with Crippen LogP contribution in [0.15, 0.2) is 0 Å². The fourth-order valence-corrected chi connectivity index (χ4v) is 2.97. The SMILES string of the molecule is COc1c(C)c(Cl)c(C)c(CCN2CCNCC2)c1O. The molecule has 1 saturated heterocycles. The predicted molar refractivity (Wildman–Crippen MR) is 82.2 cm³/mol. The number of benzene rings is 1. The Labute approximate surface area is 125 Å². The molecular formula is C15H23ClN2O2. The van der Waals surface area contributed by atoms with Crippen LogP contribution in [-0.4, -0.2) is 49.8 Å². The lowest BCUT2D eigenvalue weighted by atomic mass is 10.00. The van der Waals surface area contributed by atoms with Gasteiger partial charge in [-0.05, 0) is 25.8 Å². The van der Waals surface area contributed by atoms with E-state index >= 15 is 0 Å². The molecule has 1 aliphatic heterocycles. The number of phenolic OH excluding ortho intramolecular Hbond substituents is 1. The van der Waals surface area contributed by atoms with E-state index in [0.29, 0.717) is 10.8 Å². The number of piperazine rings is 1. The number of rotatable bonds is 4. The molecule has 4 nitrogen and oxygen atoms in total. The summed E-state index contributed by atoms with van der Waals surface area (Å²) in [5.41, 5.74) is 2.66. The van der Waals surface area contributed by atoms with E-state index in [4.69, 9.17) is 16.3 Å². The minimum atomic E-state index is 0.238. The summed E-state index contributed by atoms with van der Waals surface area (Å²) in [6, 6.07) is 0. The van der Waals surface area contributed by atoms with Crippen molar-refractivity contribution < 1.29 is 9.84 Å². The van der Waals surface area contributed by atoms with Crippen LogP contribution in [0, 0.1) is 13.8 Å². The third kappa shape index (κ3) is 3.03. The van der Waals surface area contributed by atoms with Crippen LogP contribution < -0.4 is 10.1 Å². The summed E-state index contributed by atoms with van der Waals surface area (Å²) in [4.78, 5) is 2.40. The Hall–Kier alpha value is -0.970. The lowest BCUT2D eigenvalue weighted by Gasteiger charge is -2.27. The average molecular weight is 299 g/mol. The van der Waals surface area contributed by atoms with Crippen molar-refractivity contribution in [2.75, 3.05) is 39.8 Å². The van der Waals surface area contributed by atoms with Crippen LogP contribution in [0.1, 0.15) is 16.7 Å². The molecule has 0 amide bonds. The Bertz CT molecular complexity index is 485. The average Bonchev–Trinajstić information content (AvgIpc) is 2.47. The van der Waals surface area contributed by atoms with E-state index in [1.165, 1.54) is 0 Å². The Morgan fingerprint density at radius 1 is 1.25 bits per heavy atom. The molecule has 1 aromatic rings. The number of ether oxygens (including phenoxy) is 1. The summed E-state index contributed by atoms with van der Waals surface area (Å²) in [6.45, 7) is 8.92. The molecule has 1 heterocycles. The molecule has 0 aliphatic carbocycles. The summed E-state index contributed by atoms with van der Waals surface area (Å²) in [7, 11) is 1.56. The van der Waals surface area contributed by atoms with Crippen LogP contribution in [0.4, 0.5) is 0 Å². The van der Waals surface area contributed by atoms with Crippen molar-refractivity contribution >= 4 is 11.6 Å². The summed E-state index contributed by atoms with van der Waals surface area (Å²) in [5.74, 6) is 0.734. The molecule has 1 aliphatic rings. The Balaban J connectivity index is 2.20. The van der Waals surface area contributed by atoms with Gasteiger partial charge < -0.3 is 20.1 Å². The van der Waals surface area contributed by atoms with Gasteiger partial charge in [0, 0.05) is 43.9 Å². The first-order valence-electron chi connectivity index (χ1n) is 7.03. The highest BCUT2D eigenvalue weighted by Gasteiger charge is 2.19. The number of nitrogens with zero attached hydrogens (tertiary/aromatic N) is 1. The van der Waals surface area contributed by atoms with Gasteiger partial charge in [-0.1, -0.05) is 11.6 Å². The van der Waals surface area contributed by atoms with Crippen LogP contribution in [-0.2, 0) is 6.42 Å². The summed E-state index contributed by atoms with van der Waals surface area (Å²) in [5, 5.41) is 14.4. The summed E-state index contributed by atoms with van der Waals surface area (Å²) in [6.07, 6.45) is 0.786. The van der Waals surface area contributed by atoms with Gasteiger partial charge in [-0.15, -0.1) is 0 Å². The fourth-order valence-electron chi connectivity index (χ4n) is 2.77. The van der Waals surface area contributed by atoms with Crippen LogP contribution >= 0.6 is 11.6 Å². The number of hydrogen-bond acceptors (Lipinski definition) is 4. The maximum absolute atomic E-state index is 10.4. The lowest BCUT2D eigenvalue weighted by molar-refractivity contribution is 0.243. The zero-order valence-corrected chi connectivity index (χ0v) is 13.2. The first-order chi connectivity index (χ1) is 9.56. The molecule has 0 unspecified atom stereocenters. The van der Waals surface area contributed by atoms with Crippen molar-refractivity contribution in [3.63, 3.8) is 0 Å². The quantitative estimate of drug-likeness (QED) is 0.894. The molecule has 0 spiro atoms. The second kappa shape index (κ2) is 6.66. The lowest BCUT2D eigenvalue weighted by Crippen LogP contribution is -2.44. The molecule has 0 atom stereocenters. The number of methoxy groups -OCH3 is 1.